The molecule has 0 saturated heterocycles. The van der Waals surface area contributed by atoms with Gasteiger partial charge in [0.15, 0.2) is 6.10 Å². The van der Waals surface area contributed by atoms with E-state index in [-0.39, 0.29) is 19.6 Å². The number of carbonyl (C=O) groups is 2. The summed E-state index contributed by atoms with van der Waals surface area (Å²) >= 11 is 0. The summed E-state index contributed by atoms with van der Waals surface area (Å²) in [6.45, 7) is 4.10. The van der Waals surface area contributed by atoms with Crippen molar-refractivity contribution in [3.8, 4) is 0 Å². The Morgan fingerprint density at radius 1 is 0.532 bits per heavy atom. The first-order valence-corrected chi connectivity index (χ1v) is 27.2. The molecule has 0 amide bonds. The van der Waals surface area contributed by atoms with E-state index < -0.39 is 32.5 Å². The van der Waals surface area contributed by atoms with Gasteiger partial charge in [-0.1, -0.05) is 218 Å². The molecule has 0 rings (SSSR count). The van der Waals surface area contributed by atoms with Gasteiger partial charge in [0.2, 0.25) is 0 Å². The fraction of sp³-hybridized carbons (Fsp3) is 0.846. The highest BCUT2D eigenvalue weighted by atomic mass is 31.2. The number of hydrogen-bond donors (Lipinski definition) is 0. The van der Waals surface area contributed by atoms with Crippen LogP contribution in [0, 0.1) is 0 Å². The molecule has 0 spiro atoms. The molecule has 2 atom stereocenters. The largest absolute Gasteiger partial charge is 0.756 e. The smallest absolute Gasteiger partial charge is 0.331 e. The van der Waals surface area contributed by atoms with E-state index in [0.717, 1.165) is 25.7 Å². The van der Waals surface area contributed by atoms with Crippen LogP contribution in [0.4, 0.5) is 0 Å². The number of phosphoric ester groups is 1. The molecule has 0 fully saturated rings. The lowest BCUT2D eigenvalue weighted by molar-refractivity contribution is -0.870. The van der Waals surface area contributed by atoms with Crippen LogP contribution < -0.4 is 4.89 Å². The molecule has 0 aliphatic carbocycles. The van der Waals surface area contributed by atoms with Crippen LogP contribution in [-0.2, 0) is 32.7 Å². The molecule has 1 unspecified atom stereocenters. The summed E-state index contributed by atoms with van der Waals surface area (Å²) in [7, 11) is 1.11. The number of nitrogens with zero attached hydrogens (tertiary/aromatic N) is 1. The van der Waals surface area contributed by atoms with E-state index in [9.17, 15) is 19.0 Å². The quantitative estimate of drug-likeness (QED) is 0.0113. The Bertz CT molecular complexity index is 1150. The van der Waals surface area contributed by atoms with Crippen LogP contribution in [0.3, 0.4) is 0 Å². The number of carbonyl (C=O) groups excluding carboxylic acids is 2. The number of quaternary nitrogens is 1. The van der Waals surface area contributed by atoms with Gasteiger partial charge in [0.05, 0.1) is 27.7 Å². The third-order valence-corrected chi connectivity index (χ3v) is 12.2. The van der Waals surface area contributed by atoms with E-state index in [2.05, 4.69) is 26.0 Å². The first kappa shape index (κ1) is 60.2. The Kier molecular flexibility index (Phi) is 43.2. The molecule has 10 heteroatoms. The number of rotatable bonds is 47. The molecule has 0 bridgehead atoms. The average molecular weight is 896 g/mol. The minimum atomic E-state index is -4.66. The predicted octanol–water partition coefficient (Wildman–Crippen LogP) is 14.6. The maximum Gasteiger partial charge on any atom is 0.331 e. The van der Waals surface area contributed by atoms with Crippen molar-refractivity contribution < 1.29 is 42.1 Å². The Morgan fingerprint density at radius 2 is 0.935 bits per heavy atom. The molecule has 0 aromatic carbocycles. The van der Waals surface area contributed by atoms with Crippen molar-refractivity contribution in [2.75, 3.05) is 47.5 Å². The second-order valence-corrected chi connectivity index (χ2v) is 20.0. The molecule has 0 saturated carbocycles. The van der Waals surface area contributed by atoms with Crippen LogP contribution in [0.15, 0.2) is 36.5 Å². The molecular weight excluding hydrogens is 798 g/mol. The van der Waals surface area contributed by atoms with E-state index in [1.807, 2.05) is 33.3 Å². The summed E-state index contributed by atoms with van der Waals surface area (Å²) in [6.07, 6.45) is 52.6. The van der Waals surface area contributed by atoms with Crippen molar-refractivity contribution >= 4 is 19.8 Å². The van der Waals surface area contributed by atoms with E-state index in [0.29, 0.717) is 17.4 Å². The SMILES string of the molecule is CCCCCCCCCCCCC/C=C/C=C/C(=O)O[C@@H](COC(=O)CCC/C=C/CCCCCCCCCCCCCCCCCCCC)COP(=O)([O-])OCC[N+](C)(C)C. The molecule has 0 aromatic rings. The van der Waals surface area contributed by atoms with E-state index in [1.165, 1.54) is 186 Å². The van der Waals surface area contributed by atoms with Crippen LogP contribution in [0.5, 0.6) is 0 Å². The molecule has 364 valence electrons. The Hall–Kier alpha value is -1.77. The van der Waals surface area contributed by atoms with Gasteiger partial charge >= 0.3 is 11.9 Å². The predicted molar refractivity (Wildman–Crippen MR) is 259 cm³/mol. The Balaban J connectivity index is 4.29. The zero-order chi connectivity index (χ0) is 45.7. The maximum atomic E-state index is 12.6. The lowest BCUT2D eigenvalue weighted by atomic mass is 10.0. The number of hydrogen-bond acceptors (Lipinski definition) is 8. The second kappa shape index (κ2) is 44.4. The lowest BCUT2D eigenvalue weighted by Gasteiger charge is -2.28. The van der Waals surface area contributed by atoms with Gasteiger partial charge in [0.1, 0.15) is 19.8 Å². The third kappa shape index (κ3) is 47.7. The molecule has 0 aliphatic rings. The molecule has 0 heterocycles. The van der Waals surface area contributed by atoms with Gasteiger partial charge in [-0.25, -0.2) is 4.79 Å². The standard InChI is InChI=1S/C52H98NO8P/c1-6-8-10-12-14-16-18-20-22-23-24-25-26-27-28-29-31-32-34-36-38-40-42-44-51(54)58-48-50(49-60-62(56,57)59-47-46-53(3,4)5)61-52(55)45-43-41-39-37-35-33-30-21-19-17-15-13-11-9-7-2/h36,38-39,41,43,45,50H,6-35,37,40,42,44,46-49H2,1-5H3/b38-36+,41-39+,45-43+/t50-/m0/s1. The first-order chi connectivity index (χ1) is 30.0. The highest BCUT2D eigenvalue weighted by molar-refractivity contribution is 7.45. The molecule has 62 heavy (non-hydrogen) atoms. The van der Waals surface area contributed by atoms with Crippen LogP contribution in [0.1, 0.15) is 232 Å². The lowest BCUT2D eigenvalue weighted by Crippen LogP contribution is -2.37. The zero-order valence-corrected chi connectivity index (χ0v) is 42.0. The molecule has 0 radical (unpaired) electrons. The van der Waals surface area contributed by atoms with Gasteiger partial charge in [0, 0.05) is 12.5 Å². The summed E-state index contributed by atoms with van der Waals surface area (Å²) < 4.78 is 33.8. The third-order valence-electron chi connectivity index (χ3n) is 11.2. The first-order valence-electron chi connectivity index (χ1n) is 25.7. The number of unbranched alkanes of at least 4 members (excludes halogenated alkanes) is 30. The molecule has 0 aromatic heterocycles. The normalized spacial score (nSPS) is 13.7. The summed E-state index contributed by atoms with van der Waals surface area (Å²) in [5, 5.41) is 0. The van der Waals surface area contributed by atoms with E-state index >= 15 is 0 Å². The van der Waals surface area contributed by atoms with Crippen molar-refractivity contribution in [3.05, 3.63) is 36.5 Å². The minimum Gasteiger partial charge on any atom is -0.756 e. The zero-order valence-electron chi connectivity index (χ0n) is 41.1. The van der Waals surface area contributed by atoms with Gasteiger partial charge < -0.3 is 27.9 Å². The van der Waals surface area contributed by atoms with E-state index in [4.69, 9.17) is 18.5 Å². The Morgan fingerprint density at radius 3 is 1.37 bits per heavy atom. The number of allylic oxidation sites excluding steroid dienone is 5. The van der Waals surface area contributed by atoms with Gasteiger partial charge in [-0.05, 0) is 38.5 Å². The van der Waals surface area contributed by atoms with Gasteiger partial charge in [-0.3, -0.25) is 9.36 Å². The van der Waals surface area contributed by atoms with Crippen molar-refractivity contribution in [1.29, 1.82) is 0 Å². The summed E-state index contributed by atoms with van der Waals surface area (Å²) in [6, 6.07) is 0. The monoisotopic (exact) mass is 896 g/mol. The molecule has 9 nitrogen and oxygen atoms in total. The van der Waals surface area contributed by atoms with Crippen molar-refractivity contribution in [3.63, 3.8) is 0 Å². The van der Waals surface area contributed by atoms with Gasteiger partial charge in [-0.15, -0.1) is 0 Å². The van der Waals surface area contributed by atoms with Crippen LogP contribution in [0.25, 0.3) is 0 Å². The fourth-order valence-corrected chi connectivity index (χ4v) is 7.94. The molecule has 0 aliphatic heterocycles. The molecule has 0 N–H and O–H groups in total. The number of likely N-dealkylation sites (N-methyl/N-ethyl adjacent to an activating group) is 1. The number of phosphoric acid groups is 1. The highest BCUT2D eigenvalue weighted by Crippen LogP contribution is 2.38. The number of esters is 2. The fourth-order valence-electron chi connectivity index (χ4n) is 7.22. The molecular formula is C52H98NO8P. The highest BCUT2D eigenvalue weighted by Gasteiger charge is 2.21. The van der Waals surface area contributed by atoms with Crippen molar-refractivity contribution in [1.82, 2.24) is 0 Å². The maximum absolute atomic E-state index is 12.6. The van der Waals surface area contributed by atoms with Gasteiger partial charge in [-0.2, -0.15) is 0 Å². The van der Waals surface area contributed by atoms with Crippen LogP contribution in [-0.4, -0.2) is 70.0 Å². The summed E-state index contributed by atoms with van der Waals surface area (Å²) in [5.41, 5.74) is 0. The summed E-state index contributed by atoms with van der Waals surface area (Å²) in [4.78, 5) is 37.5. The van der Waals surface area contributed by atoms with Gasteiger partial charge in [0.25, 0.3) is 7.82 Å². The van der Waals surface area contributed by atoms with Crippen LogP contribution in [0.2, 0.25) is 0 Å². The van der Waals surface area contributed by atoms with Crippen LogP contribution >= 0.6 is 7.82 Å². The minimum absolute atomic E-state index is 0.0496. The Labute approximate surface area is 382 Å². The average Bonchev–Trinajstić information content (AvgIpc) is 3.23. The number of ether oxygens (including phenoxy) is 2. The second-order valence-electron chi connectivity index (χ2n) is 18.6. The topological polar surface area (TPSA) is 111 Å². The van der Waals surface area contributed by atoms with E-state index in [1.54, 1.807) is 6.08 Å². The van der Waals surface area contributed by atoms with Crippen molar-refractivity contribution in [2.24, 2.45) is 0 Å². The van der Waals surface area contributed by atoms with Crippen molar-refractivity contribution in [2.45, 2.75) is 238 Å². The summed E-state index contributed by atoms with van der Waals surface area (Å²) in [5.74, 6) is -1.12.